The largest absolute Gasteiger partial charge is 0.344 e. The number of aliphatic imine (C=N–C) groups is 1. The molecule has 1 radical (unpaired) electrons. The third kappa shape index (κ3) is 1.20. The van der Waals surface area contributed by atoms with Gasteiger partial charge in [-0.25, -0.2) is 4.99 Å². The molecule has 1 unspecified atom stereocenters. The molecule has 1 heterocycles. The molecule has 1 N–H and O–H groups in total. The number of alkyl halides is 2. The highest BCUT2D eigenvalue weighted by Gasteiger charge is 2.20. The molecule has 8 heavy (non-hydrogen) atoms. The van der Waals surface area contributed by atoms with Gasteiger partial charge < -0.3 is 5.32 Å². The summed E-state index contributed by atoms with van der Waals surface area (Å²) in [7, 11) is 0. The molecule has 0 bridgehead atoms. The minimum atomic E-state index is -2.08. The van der Waals surface area contributed by atoms with E-state index in [9.17, 15) is 4.39 Å². The van der Waals surface area contributed by atoms with Crippen LogP contribution in [0, 0.1) is 0 Å². The lowest BCUT2D eigenvalue weighted by Gasteiger charge is -2.08. The fourth-order valence-electron chi connectivity index (χ4n) is 0.323. The van der Waals surface area contributed by atoms with Crippen molar-refractivity contribution in [2.24, 2.45) is 4.99 Å². The number of nitrogens with one attached hydrogen (secondary N) is 1. The van der Waals surface area contributed by atoms with Crippen LogP contribution < -0.4 is 5.32 Å². The summed E-state index contributed by atoms with van der Waals surface area (Å²) in [6.45, 7) is 0. The monoisotopic (exact) mass is 133 g/mol. The van der Waals surface area contributed by atoms with Crippen LogP contribution in [0.4, 0.5) is 4.39 Å². The van der Waals surface area contributed by atoms with Gasteiger partial charge in [-0.2, -0.15) is 4.39 Å². The molecule has 2 nitrogen and oxygen atoms in total. The molecule has 1 atom stereocenters. The summed E-state index contributed by atoms with van der Waals surface area (Å²) < 4.78 is 12.3. The van der Waals surface area contributed by atoms with Crippen LogP contribution in [0.25, 0.3) is 0 Å². The molecular weight excluding hydrogens is 131 g/mol. The molecule has 0 spiro atoms. The van der Waals surface area contributed by atoms with E-state index in [0.29, 0.717) is 0 Å². The van der Waals surface area contributed by atoms with Crippen LogP contribution in [-0.4, -0.2) is 11.6 Å². The van der Waals surface area contributed by atoms with E-state index in [1.807, 2.05) is 0 Å². The maximum Gasteiger partial charge on any atom is 0.298 e. The lowest BCUT2D eigenvalue weighted by atomic mass is 10.5. The molecule has 4 heteroatoms. The molecule has 0 aliphatic carbocycles. The van der Waals surface area contributed by atoms with Gasteiger partial charge in [0, 0.05) is 12.3 Å². The van der Waals surface area contributed by atoms with Crippen LogP contribution in [0.5, 0.6) is 0 Å². The van der Waals surface area contributed by atoms with Crippen molar-refractivity contribution < 1.29 is 4.39 Å². The average molecular weight is 134 g/mol. The normalized spacial score (nSPS) is 34.8. The molecule has 0 amide bonds. The number of rotatable bonds is 0. The minimum absolute atomic E-state index is 1.09. The number of hydrogen-bond acceptors (Lipinski definition) is 2. The summed E-state index contributed by atoms with van der Waals surface area (Å²) in [5, 5.41) is 0.341. The third-order valence-electron chi connectivity index (χ3n) is 0.637. The summed E-state index contributed by atoms with van der Waals surface area (Å²) in [5.41, 5.74) is 0. The molecule has 0 aromatic heterocycles. The van der Waals surface area contributed by atoms with E-state index >= 15 is 0 Å². The van der Waals surface area contributed by atoms with Gasteiger partial charge in [-0.1, -0.05) is 11.6 Å². The first-order valence-corrected chi connectivity index (χ1v) is 2.36. The summed E-state index contributed by atoms with van der Waals surface area (Å²) in [6.07, 6.45) is 4.58. The standard InChI is InChI=1S/C4H3ClFN2/c5-4(6)1-2-7-3-8-4/h1-2H,(H,7,8). The lowest BCUT2D eigenvalue weighted by molar-refractivity contribution is 0.358. The van der Waals surface area contributed by atoms with Crippen molar-refractivity contribution in [3.05, 3.63) is 12.3 Å². The van der Waals surface area contributed by atoms with E-state index in [1.165, 1.54) is 6.20 Å². The highest BCUT2D eigenvalue weighted by molar-refractivity contribution is 6.24. The highest BCUT2D eigenvalue weighted by atomic mass is 35.5. The van der Waals surface area contributed by atoms with Crippen LogP contribution in [0.3, 0.4) is 0 Å². The van der Waals surface area contributed by atoms with E-state index in [-0.39, 0.29) is 0 Å². The zero-order chi connectivity index (χ0) is 6.04. The Labute approximate surface area is 51.1 Å². The Balaban J connectivity index is 2.69. The van der Waals surface area contributed by atoms with Crippen molar-refractivity contribution in [1.82, 2.24) is 5.32 Å². The molecule has 1 rings (SSSR count). The van der Waals surface area contributed by atoms with Crippen LogP contribution in [0.1, 0.15) is 0 Å². The van der Waals surface area contributed by atoms with Crippen molar-refractivity contribution in [3.8, 4) is 0 Å². The molecule has 1 aliphatic rings. The summed E-state index contributed by atoms with van der Waals surface area (Å²) in [5.74, 6) is 0. The van der Waals surface area contributed by atoms with Crippen molar-refractivity contribution >= 4 is 17.9 Å². The maximum absolute atomic E-state index is 12.3. The predicted molar refractivity (Wildman–Crippen MR) is 29.4 cm³/mol. The van der Waals surface area contributed by atoms with Gasteiger partial charge in [0.2, 0.25) is 0 Å². The lowest BCUT2D eigenvalue weighted by Crippen LogP contribution is -2.17. The summed E-state index contributed by atoms with van der Waals surface area (Å²) >= 11 is 5.05. The van der Waals surface area contributed by atoms with Crippen LogP contribution in [0.15, 0.2) is 17.3 Å². The number of hydrogen-bond donors (Lipinski definition) is 1. The van der Waals surface area contributed by atoms with Crippen molar-refractivity contribution in [2.75, 3.05) is 0 Å². The van der Waals surface area contributed by atoms with Crippen molar-refractivity contribution in [3.63, 3.8) is 0 Å². The van der Waals surface area contributed by atoms with Crippen molar-refractivity contribution in [1.29, 1.82) is 0 Å². The number of nitrogens with zero attached hydrogens (tertiary/aromatic N) is 1. The Morgan fingerprint density at radius 2 is 2.62 bits per heavy atom. The molecule has 0 saturated carbocycles. The van der Waals surface area contributed by atoms with Crippen molar-refractivity contribution in [2.45, 2.75) is 5.25 Å². The first-order valence-electron chi connectivity index (χ1n) is 1.99. The minimum Gasteiger partial charge on any atom is -0.344 e. The predicted octanol–water partition coefficient (Wildman–Crippen LogP) is 0.871. The first kappa shape index (κ1) is 5.56. The zero-order valence-electron chi connectivity index (χ0n) is 3.86. The zero-order valence-corrected chi connectivity index (χ0v) is 4.61. The Morgan fingerprint density at radius 1 is 1.88 bits per heavy atom. The Bertz CT molecular complexity index is 127. The fraction of sp³-hybridized carbons (Fsp3) is 0.250. The summed E-state index contributed by atoms with van der Waals surface area (Å²) in [4.78, 5) is 3.11. The molecule has 1 aliphatic heterocycles. The fourth-order valence-corrected chi connectivity index (χ4v) is 0.429. The van der Waals surface area contributed by atoms with E-state index in [4.69, 9.17) is 11.6 Å². The third-order valence-corrected chi connectivity index (χ3v) is 0.847. The second-order valence-electron chi connectivity index (χ2n) is 1.29. The first-order chi connectivity index (χ1) is 3.71. The van der Waals surface area contributed by atoms with E-state index in [0.717, 1.165) is 6.08 Å². The molecule has 0 fully saturated rings. The molecule has 0 saturated heterocycles. The highest BCUT2D eigenvalue weighted by Crippen LogP contribution is 2.20. The van der Waals surface area contributed by atoms with Gasteiger partial charge in [-0.05, 0) is 0 Å². The van der Waals surface area contributed by atoms with Crippen LogP contribution in [0.2, 0.25) is 0 Å². The van der Waals surface area contributed by atoms with Gasteiger partial charge in [0.1, 0.15) is 0 Å². The van der Waals surface area contributed by atoms with Gasteiger partial charge in [0.15, 0.2) is 6.34 Å². The Morgan fingerprint density at radius 3 is 2.88 bits per heavy atom. The van der Waals surface area contributed by atoms with Crippen LogP contribution >= 0.6 is 11.6 Å². The van der Waals surface area contributed by atoms with E-state index < -0.39 is 5.25 Å². The SMILES string of the molecule is FC1(Cl)C=CN[C]=N1. The molecule has 43 valence electrons. The number of halogens is 2. The van der Waals surface area contributed by atoms with Crippen LogP contribution in [-0.2, 0) is 0 Å². The van der Waals surface area contributed by atoms with Gasteiger partial charge >= 0.3 is 0 Å². The molecule has 0 aromatic carbocycles. The van der Waals surface area contributed by atoms with Gasteiger partial charge in [0.25, 0.3) is 5.25 Å². The van der Waals surface area contributed by atoms with Gasteiger partial charge in [-0.3, -0.25) is 0 Å². The second-order valence-corrected chi connectivity index (χ2v) is 1.82. The van der Waals surface area contributed by atoms with E-state index in [1.54, 1.807) is 0 Å². The molecule has 0 aromatic rings. The smallest absolute Gasteiger partial charge is 0.298 e. The molecular formula is C4H3ClFN2. The Kier molecular flexibility index (Phi) is 1.21. The topological polar surface area (TPSA) is 24.4 Å². The average Bonchev–Trinajstić information content (AvgIpc) is 1.65. The van der Waals surface area contributed by atoms with E-state index in [2.05, 4.69) is 16.6 Å². The van der Waals surface area contributed by atoms with Gasteiger partial charge in [0.05, 0.1) is 0 Å². The van der Waals surface area contributed by atoms with Gasteiger partial charge in [-0.15, -0.1) is 0 Å². The second kappa shape index (κ2) is 1.74. The Hall–Kier alpha value is -0.570. The maximum atomic E-state index is 12.3. The quantitative estimate of drug-likeness (QED) is 0.385. The summed E-state index contributed by atoms with van der Waals surface area (Å²) in [6, 6.07) is 0.